The molecule has 1 aliphatic rings. The molecule has 0 spiro atoms. The molecule has 0 saturated heterocycles. The van der Waals surface area contributed by atoms with Crippen LogP contribution in [-0.4, -0.2) is 35.6 Å². The summed E-state index contributed by atoms with van der Waals surface area (Å²) in [6.45, 7) is 15.3. The van der Waals surface area contributed by atoms with E-state index in [1.807, 2.05) is 42.5 Å². The van der Waals surface area contributed by atoms with Crippen LogP contribution in [0.5, 0.6) is 5.75 Å². The molecule has 0 aliphatic heterocycles. The van der Waals surface area contributed by atoms with Crippen molar-refractivity contribution in [3.05, 3.63) is 84.7 Å². The van der Waals surface area contributed by atoms with Crippen molar-refractivity contribution in [2.45, 2.75) is 45.6 Å². The molecule has 1 saturated carbocycles. The molecule has 1 fully saturated rings. The number of nitrogens with zero attached hydrogens (tertiary/aromatic N) is 3. The number of anilines is 3. The molecule has 0 unspecified atom stereocenters. The molecule has 0 amide bonds. The van der Waals surface area contributed by atoms with Crippen LogP contribution in [0.3, 0.4) is 0 Å². The van der Waals surface area contributed by atoms with E-state index in [9.17, 15) is 5.26 Å². The SMILES string of the molecule is C=Cc1cccc(Nc2c(C#N)cnc3cc(OC4CCCC4)c(NC(=C)/C=C/CN(CC)CC)cc23)c1. The van der Waals surface area contributed by atoms with Gasteiger partial charge in [-0.2, -0.15) is 5.26 Å². The Morgan fingerprint density at radius 1 is 1.21 bits per heavy atom. The number of likely N-dealkylation sites (N-methyl/N-ethyl adjacent to an activating group) is 1. The van der Waals surface area contributed by atoms with Crippen LogP contribution in [0.4, 0.5) is 17.1 Å². The molecule has 0 atom stereocenters. The van der Waals surface area contributed by atoms with E-state index >= 15 is 0 Å². The van der Waals surface area contributed by atoms with Crippen molar-refractivity contribution in [3.8, 4) is 11.8 Å². The maximum absolute atomic E-state index is 9.88. The Kier molecular flexibility index (Phi) is 9.18. The Bertz CT molecular complexity index is 1360. The number of nitrogens with one attached hydrogen (secondary N) is 2. The number of ether oxygens (including phenoxy) is 1. The molecule has 1 aliphatic carbocycles. The van der Waals surface area contributed by atoms with Gasteiger partial charge in [-0.1, -0.05) is 51.3 Å². The predicted octanol–water partition coefficient (Wildman–Crippen LogP) is 7.64. The van der Waals surface area contributed by atoms with Gasteiger partial charge in [0, 0.05) is 35.6 Å². The van der Waals surface area contributed by atoms with E-state index in [1.165, 1.54) is 12.8 Å². The van der Waals surface area contributed by atoms with E-state index in [2.05, 4.69) is 59.7 Å². The van der Waals surface area contributed by atoms with Gasteiger partial charge in [-0.3, -0.25) is 4.98 Å². The number of allylic oxidation sites excluding steroid dienone is 1. The van der Waals surface area contributed by atoms with Gasteiger partial charge in [0.15, 0.2) is 0 Å². The number of hydrogen-bond donors (Lipinski definition) is 2. The van der Waals surface area contributed by atoms with Crippen LogP contribution in [-0.2, 0) is 0 Å². The fraction of sp³-hybridized carbons (Fsp3) is 0.312. The molecule has 0 bridgehead atoms. The number of aromatic nitrogens is 1. The second kappa shape index (κ2) is 12.9. The highest BCUT2D eigenvalue weighted by molar-refractivity contribution is 5.99. The lowest BCUT2D eigenvalue weighted by Crippen LogP contribution is -2.22. The van der Waals surface area contributed by atoms with Crippen LogP contribution in [0.2, 0.25) is 0 Å². The quantitative estimate of drug-likeness (QED) is 0.245. The molecule has 3 aromatic rings. The summed E-state index contributed by atoms with van der Waals surface area (Å²) in [6.07, 6.45) is 12.2. The van der Waals surface area contributed by atoms with Crippen molar-refractivity contribution in [1.82, 2.24) is 9.88 Å². The third-order valence-corrected chi connectivity index (χ3v) is 6.95. The normalized spacial score (nSPS) is 13.6. The summed E-state index contributed by atoms with van der Waals surface area (Å²) in [5.41, 5.74) is 5.37. The topological polar surface area (TPSA) is 73.2 Å². The van der Waals surface area contributed by atoms with Gasteiger partial charge in [0.1, 0.15) is 11.8 Å². The summed E-state index contributed by atoms with van der Waals surface area (Å²) in [6, 6.07) is 14.2. The van der Waals surface area contributed by atoms with Gasteiger partial charge in [0.25, 0.3) is 0 Å². The summed E-state index contributed by atoms with van der Waals surface area (Å²) in [7, 11) is 0. The number of nitriles is 1. The second-order valence-corrected chi connectivity index (χ2v) is 9.54. The van der Waals surface area contributed by atoms with Crippen LogP contribution in [0.15, 0.2) is 73.6 Å². The van der Waals surface area contributed by atoms with Gasteiger partial charge in [0.2, 0.25) is 0 Å². The Morgan fingerprint density at radius 3 is 2.71 bits per heavy atom. The van der Waals surface area contributed by atoms with E-state index in [0.29, 0.717) is 11.3 Å². The van der Waals surface area contributed by atoms with Crippen LogP contribution in [0.25, 0.3) is 17.0 Å². The standard InChI is InChI=1S/C32H37N5O/c1-5-24-13-10-14-26(18-24)36-32-25(21-33)22-34-29-20-31(38-27-15-8-9-16-27)30(19-28(29)32)35-23(4)12-11-17-37(6-2)7-3/h5,10-14,18-20,22,27,35H,1,4,6-9,15-17H2,2-3H3,(H,34,36)/b12-11+. The van der Waals surface area contributed by atoms with E-state index < -0.39 is 0 Å². The van der Waals surface area contributed by atoms with Crippen molar-refractivity contribution in [1.29, 1.82) is 5.26 Å². The molecule has 1 heterocycles. The summed E-state index contributed by atoms with van der Waals surface area (Å²) >= 11 is 0. The minimum atomic E-state index is 0.192. The zero-order valence-electron chi connectivity index (χ0n) is 22.5. The predicted molar refractivity (Wildman–Crippen MR) is 159 cm³/mol. The minimum absolute atomic E-state index is 0.192. The lowest BCUT2D eigenvalue weighted by molar-refractivity contribution is 0.211. The zero-order valence-corrected chi connectivity index (χ0v) is 22.5. The highest BCUT2D eigenvalue weighted by Crippen LogP contribution is 2.38. The third kappa shape index (κ3) is 6.62. The summed E-state index contributed by atoms with van der Waals surface area (Å²) in [5, 5.41) is 17.6. The number of fused-ring (bicyclic) bond motifs is 1. The Morgan fingerprint density at radius 2 is 2.00 bits per heavy atom. The van der Waals surface area contributed by atoms with Crippen molar-refractivity contribution < 1.29 is 4.74 Å². The Balaban J connectivity index is 1.72. The van der Waals surface area contributed by atoms with Gasteiger partial charge < -0.3 is 20.3 Å². The maximum Gasteiger partial charge on any atom is 0.145 e. The van der Waals surface area contributed by atoms with Crippen LogP contribution in [0.1, 0.15) is 50.7 Å². The number of hydrogen-bond acceptors (Lipinski definition) is 6. The first-order valence-corrected chi connectivity index (χ1v) is 13.4. The summed E-state index contributed by atoms with van der Waals surface area (Å²) in [4.78, 5) is 6.94. The molecule has 1 aromatic heterocycles. The summed E-state index contributed by atoms with van der Waals surface area (Å²) in [5.74, 6) is 0.750. The van der Waals surface area contributed by atoms with Gasteiger partial charge in [-0.25, -0.2) is 0 Å². The number of benzene rings is 2. The maximum atomic E-state index is 9.88. The Hall–Kier alpha value is -4.08. The highest BCUT2D eigenvalue weighted by Gasteiger charge is 2.20. The molecule has 4 rings (SSSR count). The molecule has 6 nitrogen and oxygen atoms in total. The molecule has 0 radical (unpaired) electrons. The van der Waals surface area contributed by atoms with E-state index in [4.69, 9.17) is 4.74 Å². The summed E-state index contributed by atoms with van der Waals surface area (Å²) < 4.78 is 6.47. The fourth-order valence-corrected chi connectivity index (χ4v) is 4.75. The molecule has 38 heavy (non-hydrogen) atoms. The molecular formula is C32H37N5O. The first kappa shape index (κ1) is 27.0. The fourth-order valence-electron chi connectivity index (χ4n) is 4.75. The van der Waals surface area contributed by atoms with Crippen LogP contribution >= 0.6 is 0 Å². The van der Waals surface area contributed by atoms with Gasteiger partial charge in [-0.15, -0.1) is 0 Å². The lowest BCUT2D eigenvalue weighted by Gasteiger charge is -2.20. The molecule has 2 aromatic carbocycles. The first-order chi connectivity index (χ1) is 18.5. The molecule has 196 valence electrons. The van der Waals surface area contributed by atoms with Gasteiger partial charge >= 0.3 is 0 Å². The lowest BCUT2D eigenvalue weighted by atomic mass is 10.1. The molecule has 2 N–H and O–H groups in total. The zero-order chi connectivity index (χ0) is 26.9. The van der Waals surface area contributed by atoms with Gasteiger partial charge in [0.05, 0.1) is 28.6 Å². The van der Waals surface area contributed by atoms with E-state index in [-0.39, 0.29) is 6.10 Å². The first-order valence-electron chi connectivity index (χ1n) is 13.4. The van der Waals surface area contributed by atoms with Gasteiger partial charge in [-0.05, 0) is 68.6 Å². The molecule has 6 heteroatoms. The van der Waals surface area contributed by atoms with Crippen molar-refractivity contribution in [3.63, 3.8) is 0 Å². The van der Waals surface area contributed by atoms with Crippen molar-refractivity contribution in [2.75, 3.05) is 30.3 Å². The highest BCUT2D eigenvalue weighted by atomic mass is 16.5. The number of rotatable bonds is 12. The van der Waals surface area contributed by atoms with Crippen LogP contribution in [0, 0.1) is 11.3 Å². The van der Waals surface area contributed by atoms with E-state index in [0.717, 1.165) is 71.8 Å². The monoisotopic (exact) mass is 507 g/mol. The average molecular weight is 508 g/mol. The smallest absolute Gasteiger partial charge is 0.145 e. The largest absolute Gasteiger partial charge is 0.488 e. The Labute approximate surface area is 226 Å². The third-order valence-electron chi connectivity index (χ3n) is 6.95. The number of pyridine rings is 1. The van der Waals surface area contributed by atoms with Crippen LogP contribution < -0.4 is 15.4 Å². The minimum Gasteiger partial charge on any atom is -0.488 e. The van der Waals surface area contributed by atoms with Crippen molar-refractivity contribution in [2.24, 2.45) is 0 Å². The average Bonchev–Trinajstić information content (AvgIpc) is 3.45. The van der Waals surface area contributed by atoms with E-state index in [1.54, 1.807) is 12.3 Å². The second-order valence-electron chi connectivity index (χ2n) is 9.54. The van der Waals surface area contributed by atoms with Crippen molar-refractivity contribution >= 4 is 34.0 Å². The molecular weight excluding hydrogens is 470 g/mol.